The van der Waals surface area contributed by atoms with Crippen LogP contribution in [0.2, 0.25) is 0 Å². The minimum Gasteiger partial charge on any atom is -0.490 e. The summed E-state index contributed by atoms with van der Waals surface area (Å²) in [5, 5.41) is 0. The van der Waals surface area contributed by atoms with Gasteiger partial charge >= 0.3 is 0 Å². The number of nitrogens with two attached hydrogens (primary N) is 1. The molecule has 116 valence electrons. The summed E-state index contributed by atoms with van der Waals surface area (Å²) in [5.41, 5.74) is 7.15. The van der Waals surface area contributed by atoms with E-state index in [9.17, 15) is 0 Å². The predicted molar refractivity (Wildman–Crippen MR) is 87.9 cm³/mol. The standard InChI is InChI=1S/C17H25NO2S/c1-13(18)14-3-2-4-15(11-14)20-16-5-8-19-17(12-16)6-9-21-10-7-17/h2-4,11,13,16H,5-10,12,18H2,1H3/t13-,16?/m0/s1. The van der Waals surface area contributed by atoms with Crippen LogP contribution in [0.15, 0.2) is 24.3 Å². The van der Waals surface area contributed by atoms with E-state index in [4.69, 9.17) is 15.2 Å². The summed E-state index contributed by atoms with van der Waals surface area (Å²) >= 11 is 2.04. The Morgan fingerprint density at radius 3 is 2.95 bits per heavy atom. The molecule has 2 atom stereocenters. The summed E-state index contributed by atoms with van der Waals surface area (Å²) < 4.78 is 12.4. The Balaban J connectivity index is 1.65. The van der Waals surface area contributed by atoms with Gasteiger partial charge in [-0.05, 0) is 49.0 Å². The molecule has 2 heterocycles. The Morgan fingerprint density at radius 1 is 1.38 bits per heavy atom. The van der Waals surface area contributed by atoms with Crippen molar-refractivity contribution in [2.24, 2.45) is 5.73 Å². The average Bonchev–Trinajstić information content (AvgIpc) is 2.48. The van der Waals surface area contributed by atoms with Crippen molar-refractivity contribution < 1.29 is 9.47 Å². The van der Waals surface area contributed by atoms with Crippen LogP contribution in [0.1, 0.15) is 44.2 Å². The molecule has 4 heteroatoms. The van der Waals surface area contributed by atoms with Gasteiger partial charge < -0.3 is 15.2 Å². The van der Waals surface area contributed by atoms with Crippen LogP contribution in [0.4, 0.5) is 0 Å². The first-order valence-corrected chi connectivity index (χ1v) is 9.06. The average molecular weight is 307 g/mol. The maximum absolute atomic E-state index is 6.23. The highest BCUT2D eigenvalue weighted by atomic mass is 32.2. The predicted octanol–water partition coefficient (Wildman–Crippen LogP) is 3.53. The number of rotatable bonds is 3. The Morgan fingerprint density at radius 2 is 2.19 bits per heavy atom. The van der Waals surface area contributed by atoms with Crippen LogP contribution < -0.4 is 10.5 Å². The summed E-state index contributed by atoms with van der Waals surface area (Å²) in [6.45, 7) is 2.82. The maximum atomic E-state index is 6.23. The summed E-state index contributed by atoms with van der Waals surface area (Å²) in [6.07, 6.45) is 4.60. The molecule has 0 bridgehead atoms. The fourth-order valence-corrected chi connectivity index (χ4v) is 4.48. The number of ether oxygens (including phenoxy) is 2. The number of thioether (sulfide) groups is 1. The fourth-order valence-electron chi connectivity index (χ4n) is 3.24. The van der Waals surface area contributed by atoms with E-state index in [0.717, 1.165) is 43.6 Å². The summed E-state index contributed by atoms with van der Waals surface area (Å²) in [6, 6.07) is 8.24. The minimum absolute atomic E-state index is 0.0463. The van der Waals surface area contributed by atoms with E-state index in [1.54, 1.807) is 0 Å². The molecule has 0 aliphatic carbocycles. The highest BCUT2D eigenvalue weighted by molar-refractivity contribution is 7.99. The normalized spacial score (nSPS) is 26.5. The molecule has 3 rings (SSSR count). The van der Waals surface area contributed by atoms with Gasteiger partial charge in [-0.1, -0.05) is 12.1 Å². The van der Waals surface area contributed by atoms with E-state index < -0.39 is 0 Å². The van der Waals surface area contributed by atoms with Gasteiger partial charge in [0.25, 0.3) is 0 Å². The lowest BCUT2D eigenvalue weighted by molar-refractivity contribution is -0.116. The van der Waals surface area contributed by atoms with E-state index in [-0.39, 0.29) is 17.7 Å². The Bertz CT molecular complexity index is 466. The molecule has 1 unspecified atom stereocenters. The van der Waals surface area contributed by atoms with Crippen molar-refractivity contribution in [2.45, 2.75) is 50.4 Å². The topological polar surface area (TPSA) is 44.5 Å². The molecule has 1 aromatic rings. The van der Waals surface area contributed by atoms with Crippen molar-refractivity contribution in [3.05, 3.63) is 29.8 Å². The second-order valence-electron chi connectivity index (χ2n) is 6.24. The first-order valence-electron chi connectivity index (χ1n) is 7.91. The summed E-state index contributed by atoms with van der Waals surface area (Å²) in [5.74, 6) is 3.37. The smallest absolute Gasteiger partial charge is 0.120 e. The second kappa shape index (κ2) is 6.59. The van der Waals surface area contributed by atoms with Gasteiger partial charge in [-0.25, -0.2) is 0 Å². The number of hydrogen-bond acceptors (Lipinski definition) is 4. The van der Waals surface area contributed by atoms with Crippen molar-refractivity contribution in [2.75, 3.05) is 18.1 Å². The van der Waals surface area contributed by atoms with E-state index in [1.807, 2.05) is 30.8 Å². The molecule has 1 aromatic carbocycles. The molecule has 0 radical (unpaired) electrons. The number of benzene rings is 1. The Labute approximate surface area is 131 Å². The molecular weight excluding hydrogens is 282 g/mol. The van der Waals surface area contributed by atoms with Crippen LogP contribution in [-0.4, -0.2) is 29.8 Å². The molecular formula is C17H25NO2S. The third-order valence-electron chi connectivity index (χ3n) is 4.54. The lowest BCUT2D eigenvalue weighted by atomic mass is 9.86. The first kappa shape index (κ1) is 15.2. The zero-order valence-corrected chi connectivity index (χ0v) is 13.5. The van der Waals surface area contributed by atoms with Crippen LogP contribution in [0.3, 0.4) is 0 Å². The molecule has 2 N–H and O–H groups in total. The van der Waals surface area contributed by atoms with E-state index >= 15 is 0 Å². The molecule has 2 aliphatic heterocycles. The maximum Gasteiger partial charge on any atom is 0.120 e. The van der Waals surface area contributed by atoms with Crippen LogP contribution in [-0.2, 0) is 4.74 Å². The zero-order chi connectivity index (χ0) is 14.7. The lowest BCUT2D eigenvalue weighted by Crippen LogP contribution is -2.46. The van der Waals surface area contributed by atoms with Gasteiger partial charge in [0.2, 0.25) is 0 Å². The van der Waals surface area contributed by atoms with Crippen molar-refractivity contribution >= 4 is 11.8 Å². The van der Waals surface area contributed by atoms with Crippen LogP contribution in [0.25, 0.3) is 0 Å². The van der Waals surface area contributed by atoms with Gasteiger partial charge in [-0.2, -0.15) is 11.8 Å². The van der Waals surface area contributed by atoms with Crippen molar-refractivity contribution in [1.82, 2.24) is 0 Å². The zero-order valence-electron chi connectivity index (χ0n) is 12.7. The van der Waals surface area contributed by atoms with Crippen molar-refractivity contribution in [3.8, 4) is 5.75 Å². The molecule has 2 aliphatic rings. The van der Waals surface area contributed by atoms with Crippen molar-refractivity contribution in [1.29, 1.82) is 0 Å². The quantitative estimate of drug-likeness (QED) is 0.928. The number of hydrogen-bond donors (Lipinski definition) is 1. The van der Waals surface area contributed by atoms with Gasteiger partial charge in [0.15, 0.2) is 0 Å². The molecule has 3 nitrogen and oxygen atoms in total. The van der Waals surface area contributed by atoms with Crippen LogP contribution in [0.5, 0.6) is 5.75 Å². The molecule has 0 amide bonds. The van der Waals surface area contributed by atoms with Gasteiger partial charge in [-0.15, -0.1) is 0 Å². The Kier molecular flexibility index (Phi) is 4.77. The summed E-state index contributed by atoms with van der Waals surface area (Å²) in [7, 11) is 0. The monoisotopic (exact) mass is 307 g/mol. The van der Waals surface area contributed by atoms with Gasteiger partial charge in [-0.3, -0.25) is 0 Å². The highest BCUT2D eigenvalue weighted by Crippen LogP contribution is 2.38. The van der Waals surface area contributed by atoms with E-state index in [1.165, 1.54) is 11.5 Å². The SMILES string of the molecule is C[C@H](N)c1cccc(OC2CCOC3(CCSCC3)C2)c1. The molecule has 2 saturated heterocycles. The largest absolute Gasteiger partial charge is 0.490 e. The molecule has 1 spiro atoms. The highest BCUT2D eigenvalue weighted by Gasteiger charge is 2.39. The fraction of sp³-hybridized carbons (Fsp3) is 0.647. The Hall–Kier alpha value is -0.710. The van der Waals surface area contributed by atoms with Crippen molar-refractivity contribution in [3.63, 3.8) is 0 Å². The minimum atomic E-state index is 0.0463. The van der Waals surface area contributed by atoms with Gasteiger partial charge in [0, 0.05) is 18.9 Å². The van der Waals surface area contributed by atoms with E-state index in [0.29, 0.717) is 0 Å². The molecule has 21 heavy (non-hydrogen) atoms. The summed E-state index contributed by atoms with van der Waals surface area (Å²) in [4.78, 5) is 0. The third-order valence-corrected chi connectivity index (χ3v) is 5.52. The van der Waals surface area contributed by atoms with E-state index in [2.05, 4.69) is 12.1 Å². The van der Waals surface area contributed by atoms with Crippen LogP contribution in [0, 0.1) is 0 Å². The molecule has 0 aromatic heterocycles. The molecule has 0 saturated carbocycles. The first-order chi connectivity index (χ1) is 10.2. The molecule has 2 fully saturated rings. The van der Waals surface area contributed by atoms with Gasteiger partial charge in [0.05, 0.1) is 12.2 Å². The van der Waals surface area contributed by atoms with Crippen LogP contribution >= 0.6 is 11.8 Å². The third kappa shape index (κ3) is 3.74. The van der Waals surface area contributed by atoms with Gasteiger partial charge in [0.1, 0.15) is 11.9 Å². The second-order valence-corrected chi connectivity index (χ2v) is 7.46. The lowest BCUT2D eigenvalue weighted by Gasteiger charge is -2.43.